The molecule has 2 N–H and O–H groups in total. The van der Waals surface area contributed by atoms with E-state index in [-0.39, 0.29) is 12.6 Å². The lowest BCUT2D eigenvalue weighted by Gasteiger charge is -2.46. The maximum Gasteiger partial charge on any atom is 0.332 e. The van der Waals surface area contributed by atoms with Gasteiger partial charge in [-0.05, 0) is 63.6 Å². The predicted molar refractivity (Wildman–Crippen MR) is 137 cm³/mol. The fourth-order valence-electron chi connectivity index (χ4n) is 3.76. The summed E-state index contributed by atoms with van der Waals surface area (Å²) in [5.74, 6) is -0.469. The topological polar surface area (TPSA) is 120 Å². The van der Waals surface area contributed by atoms with E-state index in [9.17, 15) is 19.3 Å². The zero-order valence-electron chi connectivity index (χ0n) is 20.2. The number of carbonyl (C=O) groups is 3. The fraction of sp³-hybridized carbons (Fsp3) is 0.375. The third-order valence-electron chi connectivity index (χ3n) is 5.37. The van der Waals surface area contributed by atoms with Crippen molar-refractivity contribution in [3.05, 3.63) is 63.0 Å². The number of carbonyl (C=O) groups excluding carboxylic acids is 3. The summed E-state index contributed by atoms with van der Waals surface area (Å²) in [6, 6.07) is 10.5. The molecule has 5 amide bonds. The number of amides is 5. The first kappa shape index (κ1) is 27.2. The van der Waals surface area contributed by atoms with Crippen molar-refractivity contribution in [2.45, 2.75) is 58.6 Å². The monoisotopic (exact) mass is 535 g/mol. The standard InChI is InChI=1S/C24H27Cl2N5O5/c1-14(2)36-19-10-9-17(11-18(19)26)27-21-28-22(33)31(24(3,4)12-20(32)29-35)23(34)30(21)13-15-5-7-16(25)8-6-15/h5-11,14,21,27H,12-13H2,1-4H3,(H,28,33). The largest absolute Gasteiger partial charge is 0.489 e. The van der Waals surface area contributed by atoms with E-state index in [1.54, 1.807) is 42.5 Å². The second kappa shape index (κ2) is 11.1. The minimum absolute atomic E-state index is 0.0675. The molecule has 2 aromatic carbocycles. The summed E-state index contributed by atoms with van der Waals surface area (Å²) in [7, 11) is 0. The Morgan fingerprint density at radius 3 is 2.42 bits per heavy atom. The summed E-state index contributed by atoms with van der Waals surface area (Å²) >= 11 is 12.3. The molecule has 0 spiro atoms. The number of anilines is 1. The van der Waals surface area contributed by atoms with Gasteiger partial charge in [-0.2, -0.15) is 0 Å². The summed E-state index contributed by atoms with van der Waals surface area (Å²) in [6.45, 7) is 6.88. The van der Waals surface area contributed by atoms with E-state index in [0.717, 1.165) is 10.5 Å². The molecule has 3 rings (SSSR count). The maximum absolute atomic E-state index is 13.6. The number of nitrogens with zero attached hydrogens (tertiary/aromatic N) is 3. The number of rotatable bonds is 9. The Balaban J connectivity index is 1.92. The molecule has 1 saturated heterocycles. The first-order valence-corrected chi connectivity index (χ1v) is 11.9. The first-order chi connectivity index (χ1) is 16.9. The molecule has 36 heavy (non-hydrogen) atoms. The van der Waals surface area contributed by atoms with E-state index in [1.165, 1.54) is 18.7 Å². The predicted octanol–water partition coefficient (Wildman–Crippen LogP) is 5.59. The first-order valence-electron chi connectivity index (χ1n) is 11.2. The number of benzene rings is 2. The van der Waals surface area contributed by atoms with Gasteiger partial charge in [-0.1, -0.05) is 35.3 Å². The molecule has 1 aliphatic rings. The highest BCUT2D eigenvalue weighted by Gasteiger charge is 2.46. The third kappa shape index (κ3) is 6.44. The number of nitroso groups, excluding NO2 is 1. The molecule has 1 atom stereocenters. The Labute approximate surface area is 218 Å². The van der Waals surface area contributed by atoms with Crippen molar-refractivity contribution < 1.29 is 19.1 Å². The van der Waals surface area contributed by atoms with Crippen molar-refractivity contribution >= 4 is 46.9 Å². The summed E-state index contributed by atoms with van der Waals surface area (Å²) in [5.41, 5.74) is -0.0321. The normalized spacial score (nSPS) is 16.1. The number of urea groups is 2. The zero-order chi connectivity index (χ0) is 26.6. The number of hydrogen-bond donors (Lipinski definition) is 2. The fourth-order valence-corrected chi connectivity index (χ4v) is 4.11. The van der Waals surface area contributed by atoms with Gasteiger partial charge in [0.15, 0.2) is 6.29 Å². The molecule has 0 aromatic heterocycles. The van der Waals surface area contributed by atoms with Crippen LogP contribution < -0.4 is 15.4 Å². The van der Waals surface area contributed by atoms with Gasteiger partial charge in [0.05, 0.1) is 29.6 Å². The van der Waals surface area contributed by atoms with Crippen LogP contribution in [0.4, 0.5) is 15.3 Å². The van der Waals surface area contributed by atoms with Crippen LogP contribution in [-0.2, 0) is 11.3 Å². The molecule has 0 aliphatic carbocycles. The van der Waals surface area contributed by atoms with Gasteiger partial charge in [0.1, 0.15) is 5.75 Å². The average molecular weight is 536 g/mol. The molecule has 10 nitrogen and oxygen atoms in total. The van der Waals surface area contributed by atoms with Crippen LogP contribution >= 0.6 is 23.2 Å². The van der Waals surface area contributed by atoms with Crippen LogP contribution in [0.5, 0.6) is 5.75 Å². The van der Waals surface area contributed by atoms with Crippen molar-refractivity contribution in [3.8, 4) is 5.75 Å². The van der Waals surface area contributed by atoms with Crippen molar-refractivity contribution in [1.82, 2.24) is 15.1 Å². The van der Waals surface area contributed by atoms with Crippen molar-refractivity contribution in [3.63, 3.8) is 0 Å². The summed E-state index contributed by atoms with van der Waals surface area (Å²) in [6.07, 6.45) is -1.45. The molecule has 1 heterocycles. The highest BCUT2D eigenvalue weighted by Crippen LogP contribution is 2.31. The third-order valence-corrected chi connectivity index (χ3v) is 5.91. The second-order valence-electron chi connectivity index (χ2n) is 9.15. The molecular weight excluding hydrogens is 509 g/mol. The van der Waals surface area contributed by atoms with Crippen LogP contribution in [0.25, 0.3) is 0 Å². The lowest BCUT2D eigenvalue weighted by molar-refractivity contribution is -0.119. The Morgan fingerprint density at radius 1 is 1.17 bits per heavy atom. The van der Waals surface area contributed by atoms with Gasteiger partial charge in [0.2, 0.25) is 0 Å². The SMILES string of the molecule is CC(C)Oc1ccc(NC2NC(=O)N(C(C)(C)CC(=O)N=O)C(=O)N2Cc2ccc(Cl)cc2)cc1Cl. The number of nitrogens with one attached hydrogen (secondary N) is 2. The molecule has 1 unspecified atom stereocenters. The molecule has 1 fully saturated rings. The van der Waals surface area contributed by atoms with Gasteiger partial charge in [0.25, 0.3) is 5.91 Å². The van der Waals surface area contributed by atoms with Crippen LogP contribution in [0.2, 0.25) is 10.0 Å². The number of ether oxygens (including phenoxy) is 1. The lowest BCUT2D eigenvalue weighted by Crippen LogP contribution is -2.70. The molecule has 0 bridgehead atoms. The van der Waals surface area contributed by atoms with Gasteiger partial charge in [-0.25, -0.2) is 14.5 Å². The average Bonchev–Trinajstić information content (AvgIpc) is 2.78. The van der Waals surface area contributed by atoms with Gasteiger partial charge in [-0.3, -0.25) is 15.0 Å². The van der Waals surface area contributed by atoms with Crippen molar-refractivity contribution in [1.29, 1.82) is 0 Å². The van der Waals surface area contributed by atoms with E-state index in [2.05, 4.69) is 15.8 Å². The zero-order valence-corrected chi connectivity index (χ0v) is 21.8. The van der Waals surface area contributed by atoms with Crippen molar-refractivity contribution in [2.24, 2.45) is 5.18 Å². The molecule has 12 heteroatoms. The second-order valence-corrected chi connectivity index (χ2v) is 10.00. The van der Waals surface area contributed by atoms with Crippen LogP contribution in [0.15, 0.2) is 47.6 Å². The Kier molecular flexibility index (Phi) is 8.42. The van der Waals surface area contributed by atoms with Gasteiger partial charge >= 0.3 is 12.1 Å². The number of hydrogen-bond acceptors (Lipinski definition) is 6. The maximum atomic E-state index is 13.6. The van der Waals surface area contributed by atoms with E-state index < -0.39 is 36.2 Å². The highest BCUT2D eigenvalue weighted by molar-refractivity contribution is 6.32. The van der Waals surface area contributed by atoms with E-state index in [0.29, 0.717) is 21.5 Å². The minimum atomic E-state index is -1.31. The molecule has 2 aromatic rings. The molecule has 192 valence electrons. The molecular formula is C24H27Cl2N5O5. The molecule has 0 radical (unpaired) electrons. The summed E-state index contributed by atoms with van der Waals surface area (Å²) in [5, 5.41) is 9.15. The minimum Gasteiger partial charge on any atom is -0.489 e. The van der Waals surface area contributed by atoms with E-state index >= 15 is 0 Å². The van der Waals surface area contributed by atoms with Crippen LogP contribution in [0.3, 0.4) is 0 Å². The highest BCUT2D eigenvalue weighted by atomic mass is 35.5. The van der Waals surface area contributed by atoms with Crippen LogP contribution in [0.1, 0.15) is 39.7 Å². The van der Waals surface area contributed by atoms with E-state index in [1.807, 2.05) is 13.8 Å². The number of halogens is 2. The Hall–Kier alpha value is -3.37. The molecule has 1 aliphatic heterocycles. The van der Waals surface area contributed by atoms with E-state index in [4.69, 9.17) is 27.9 Å². The van der Waals surface area contributed by atoms with Crippen LogP contribution in [-0.4, -0.2) is 45.7 Å². The van der Waals surface area contributed by atoms with Crippen LogP contribution in [0, 0.1) is 4.91 Å². The summed E-state index contributed by atoms with van der Waals surface area (Å²) < 4.78 is 5.66. The van der Waals surface area contributed by atoms with Gasteiger partial charge in [0, 0.05) is 15.9 Å². The molecule has 0 saturated carbocycles. The smallest absolute Gasteiger partial charge is 0.332 e. The Bertz CT molecular complexity index is 1160. The van der Waals surface area contributed by atoms with Crippen molar-refractivity contribution in [2.75, 3.05) is 5.32 Å². The van der Waals surface area contributed by atoms with Gasteiger partial charge in [-0.15, -0.1) is 4.91 Å². The lowest BCUT2D eigenvalue weighted by atomic mass is 9.97. The summed E-state index contributed by atoms with van der Waals surface area (Å²) in [4.78, 5) is 51.4. The van der Waals surface area contributed by atoms with Gasteiger partial charge < -0.3 is 10.1 Å². The quantitative estimate of drug-likeness (QED) is 0.404. The Morgan fingerprint density at radius 2 is 1.83 bits per heavy atom. The number of imide groups is 1.